The molecule has 0 amide bonds. The van der Waals surface area contributed by atoms with Crippen LogP contribution in [-0.4, -0.2) is 33.6 Å². The zero-order chi connectivity index (χ0) is 18.8. The zero-order valence-electron chi connectivity index (χ0n) is 15.1. The fourth-order valence-corrected chi connectivity index (χ4v) is 3.92. The first kappa shape index (κ1) is 17.7. The van der Waals surface area contributed by atoms with Crippen molar-refractivity contribution in [1.82, 2.24) is 9.47 Å². The molecule has 1 fully saturated rings. The van der Waals surface area contributed by atoms with Crippen molar-refractivity contribution in [3.63, 3.8) is 0 Å². The smallest absolute Gasteiger partial charge is 0.306 e. The van der Waals surface area contributed by atoms with Gasteiger partial charge >= 0.3 is 5.97 Å². The van der Waals surface area contributed by atoms with Gasteiger partial charge in [0.05, 0.1) is 5.92 Å². The van der Waals surface area contributed by atoms with Crippen LogP contribution in [0.15, 0.2) is 54.6 Å². The Balaban J connectivity index is 1.58. The summed E-state index contributed by atoms with van der Waals surface area (Å²) >= 11 is 0. The lowest BCUT2D eigenvalue weighted by Gasteiger charge is -2.30. The van der Waals surface area contributed by atoms with Crippen molar-refractivity contribution in [1.29, 1.82) is 0 Å². The monoisotopic (exact) mass is 366 g/mol. The maximum Gasteiger partial charge on any atom is 0.306 e. The van der Waals surface area contributed by atoms with E-state index in [1.54, 1.807) is 0 Å². The molecule has 5 heteroatoms. The van der Waals surface area contributed by atoms with Crippen molar-refractivity contribution in [2.75, 3.05) is 13.1 Å². The summed E-state index contributed by atoms with van der Waals surface area (Å²) in [5, 5.41) is 10.4. The van der Waals surface area contributed by atoms with Crippen LogP contribution in [0.25, 0.3) is 10.9 Å². The van der Waals surface area contributed by atoms with Crippen molar-refractivity contribution in [2.45, 2.75) is 25.9 Å². The van der Waals surface area contributed by atoms with Crippen LogP contribution in [0.2, 0.25) is 0 Å². The predicted octanol–water partition coefficient (Wildman–Crippen LogP) is 4.13. The molecule has 1 aliphatic rings. The molecule has 1 N–H and O–H groups in total. The van der Waals surface area contributed by atoms with Crippen LogP contribution in [0.4, 0.5) is 4.39 Å². The number of carboxylic acid groups (broad SMARTS) is 1. The number of likely N-dealkylation sites (tertiary alicyclic amines) is 1. The second-order valence-corrected chi connectivity index (χ2v) is 7.30. The van der Waals surface area contributed by atoms with Gasteiger partial charge in [0, 0.05) is 24.3 Å². The fraction of sp³-hybridized carbons (Fsp3) is 0.318. The molecule has 0 unspecified atom stereocenters. The van der Waals surface area contributed by atoms with E-state index in [1.165, 1.54) is 23.2 Å². The number of para-hydroxylation sites is 1. The summed E-state index contributed by atoms with van der Waals surface area (Å²) in [4.78, 5) is 13.5. The maximum atomic E-state index is 13.2. The number of hydrogen-bond acceptors (Lipinski definition) is 2. The number of aromatic nitrogens is 1. The Morgan fingerprint density at radius 3 is 2.44 bits per heavy atom. The van der Waals surface area contributed by atoms with Gasteiger partial charge in [-0.05, 0) is 61.1 Å². The molecule has 1 aromatic heterocycles. The van der Waals surface area contributed by atoms with Gasteiger partial charge in [0.1, 0.15) is 5.82 Å². The van der Waals surface area contributed by atoms with Gasteiger partial charge in [-0.3, -0.25) is 9.69 Å². The highest BCUT2D eigenvalue weighted by Gasteiger charge is 2.25. The van der Waals surface area contributed by atoms with Crippen LogP contribution in [0.5, 0.6) is 0 Å². The zero-order valence-corrected chi connectivity index (χ0v) is 15.1. The third-order valence-corrected chi connectivity index (χ3v) is 5.47. The van der Waals surface area contributed by atoms with Gasteiger partial charge in [-0.1, -0.05) is 30.3 Å². The van der Waals surface area contributed by atoms with Crippen LogP contribution < -0.4 is 0 Å². The summed E-state index contributed by atoms with van der Waals surface area (Å²) in [6, 6.07) is 17.1. The minimum Gasteiger partial charge on any atom is -0.481 e. The number of nitrogens with zero attached hydrogens (tertiary/aromatic N) is 2. The summed E-state index contributed by atoms with van der Waals surface area (Å²) in [7, 11) is 0. The number of hydrogen-bond donors (Lipinski definition) is 1. The molecule has 0 saturated carbocycles. The Hall–Kier alpha value is -2.66. The fourth-order valence-electron chi connectivity index (χ4n) is 3.92. The van der Waals surface area contributed by atoms with Crippen molar-refractivity contribution in [3.05, 3.63) is 71.7 Å². The third-order valence-electron chi connectivity index (χ3n) is 5.47. The number of carbonyl (C=O) groups is 1. The van der Waals surface area contributed by atoms with Gasteiger partial charge in [0.15, 0.2) is 0 Å². The average Bonchev–Trinajstić information content (AvgIpc) is 3.01. The molecule has 140 valence electrons. The van der Waals surface area contributed by atoms with Gasteiger partial charge in [-0.25, -0.2) is 4.39 Å². The standard InChI is InChI=1S/C22H23FN2O2/c23-19-7-5-16(6-8-19)14-25-20(13-18-3-1-2-4-21(18)25)15-24-11-9-17(10-12-24)22(26)27/h1-8,13,17H,9-12,14-15H2,(H,26,27). The van der Waals surface area contributed by atoms with E-state index in [4.69, 9.17) is 0 Å². The first-order valence-electron chi connectivity index (χ1n) is 9.37. The first-order valence-corrected chi connectivity index (χ1v) is 9.37. The second-order valence-electron chi connectivity index (χ2n) is 7.30. The molecule has 3 aromatic rings. The van der Waals surface area contributed by atoms with Crippen LogP contribution >= 0.6 is 0 Å². The van der Waals surface area contributed by atoms with Crippen LogP contribution in [0.1, 0.15) is 24.1 Å². The van der Waals surface area contributed by atoms with Gasteiger partial charge in [-0.2, -0.15) is 0 Å². The van der Waals surface area contributed by atoms with Gasteiger partial charge in [0.2, 0.25) is 0 Å². The molecule has 27 heavy (non-hydrogen) atoms. The van der Waals surface area contributed by atoms with Gasteiger partial charge < -0.3 is 9.67 Å². The molecular weight excluding hydrogens is 343 g/mol. The lowest BCUT2D eigenvalue weighted by molar-refractivity contribution is -0.143. The number of benzene rings is 2. The number of rotatable bonds is 5. The summed E-state index contributed by atoms with van der Waals surface area (Å²) in [6.45, 7) is 3.08. The highest BCUT2D eigenvalue weighted by molar-refractivity contribution is 5.81. The minimum absolute atomic E-state index is 0.216. The van der Waals surface area contributed by atoms with E-state index in [-0.39, 0.29) is 11.7 Å². The summed E-state index contributed by atoms with van der Waals surface area (Å²) in [5.74, 6) is -1.12. The lowest BCUT2D eigenvalue weighted by Crippen LogP contribution is -2.36. The highest BCUT2D eigenvalue weighted by Crippen LogP contribution is 2.25. The lowest BCUT2D eigenvalue weighted by atomic mass is 9.97. The molecule has 0 aliphatic carbocycles. The Morgan fingerprint density at radius 1 is 1.04 bits per heavy atom. The normalized spacial score (nSPS) is 16.0. The molecular formula is C22H23FN2O2. The Kier molecular flexibility index (Phi) is 4.94. The van der Waals surface area contributed by atoms with Crippen LogP contribution in [0.3, 0.4) is 0 Å². The number of aliphatic carboxylic acids is 1. The first-order chi connectivity index (χ1) is 13.1. The highest BCUT2D eigenvalue weighted by atomic mass is 19.1. The SMILES string of the molecule is O=C(O)C1CCN(Cc2cc3ccccc3n2Cc2ccc(F)cc2)CC1. The summed E-state index contributed by atoms with van der Waals surface area (Å²) in [5.41, 5.74) is 3.43. The molecule has 2 heterocycles. The number of fused-ring (bicyclic) bond motifs is 1. The average molecular weight is 366 g/mol. The number of carboxylic acids is 1. The van der Waals surface area contributed by atoms with Crippen LogP contribution in [-0.2, 0) is 17.9 Å². The Bertz CT molecular complexity index is 941. The Morgan fingerprint density at radius 2 is 1.74 bits per heavy atom. The maximum absolute atomic E-state index is 13.2. The number of piperidine rings is 1. The van der Waals surface area contributed by atoms with E-state index >= 15 is 0 Å². The van der Waals surface area contributed by atoms with Gasteiger partial charge in [0.25, 0.3) is 0 Å². The molecule has 0 atom stereocenters. The van der Waals surface area contributed by atoms with Crippen molar-refractivity contribution in [2.24, 2.45) is 5.92 Å². The van der Waals surface area contributed by atoms with Crippen molar-refractivity contribution < 1.29 is 14.3 Å². The van der Waals surface area contributed by atoms with Crippen molar-refractivity contribution >= 4 is 16.9 Å². The quantitative estimate of drug-likeness (QED) is 0.739. The Labute approximate surface area is 157 Å². The van der Waals surface area contributed by atoms with E-state index in [0.717, 1.165) is 30.7 Å². The largest absolute Gasteiger partial charge is 0.481 e. The van der Waals surface area contributed by atoms with E-state index in [0.29, 0.717) is 19.4 Å². The molecule has 0 spiro atoms. The van der Waals surface area contributed by atoms with E-state index in [9.17, 15) is 14.3 Å². The van der Waals surface area contributed by atoms with Crippen molar-refractivity contribution in [3.8, 4) is 0 Å². The van der Waals surface area contributed by atoms with Gasteiger partial charge in [-0.15, -0.1) is 0 Å². The summed E-state index contributed by atoms with van der Waals surface area (Å²) in [6.07, 6.45) is 1.40. The molecule has 1 aliphatic heterocycles. The molecule has 0 bridgehead atoms. The third kappa shape index (κ3) is 3.88. The minimum atomic E-state index is -0.680. The molecule has 4 nitrogen and oxygen atoms in total. The van der Waals surface area contributed by atoms with E-state index in [2.05, 4.69) is 27.7 Å². The van der Waals surface area contributed by atoms with E-state index < -0.39 is 5.97 Å². The van der Waals surface area contributed by atoms with E-state index in [1.807, 2.05) is 24.3 Å². The topological polar surface area (TPSA) is 45.5 Å². The molecule has 2 aromatic carbocycles. The van der Waals surface area contributed by atoms with Crippen LogP contribution in [0, 0.1) is 11.7 Å². The molecule has 0 radical (unpaired) electrons. The second kappa shape index (κ2) is 7.53. The molecule has 1 saturated heterocycles. The molecule has 4 rings (SSSR count). The summed E-state index contributed by atoms with van der Waals surface area (Å²) < 4.78 is 15.5. The number of halogens is 1. The predicted molar refractivity (Wildman–Crippen MR) is 103 cm³/mol.